The van der Waals surface area contributed by atoms with Crippen LogP contribution in [0.25, 0.3) is 17.3 Å². The van der Waals surface area contributed by atoms with Crippen molar-refractivity contribution in [2.45, 2.75) is 53.0 Å². The topological polar surface area (TPSA) is 95.3 Å². The van der Waals surface area contributed by atoms with Gasteiger partial charge < -0.3 is 24.1 Å². The van der Waals surface area contributed by atoms with Gasteiger partial charge >= 0.3 is 5.97 Å². The fourth-order valence-corrected chi connectivity index (χ4v) is 4.94. The van der Waals surface area contributed by atoms with Crippen molar-refractivity contribution in [1.29, 1.82) is 0 Å². The quantitative estimate of drug-likeness (QED) is 0.186. The van der Waals surface area contributed by atoms with Crippen molar-refractivity contribution in [3.8, 4) is 34.3 Å². The van der Waals surface area contributed by atoms with Crippen LogP contribution < -0.4 is 18.9 Å². The zero-order valence-corrected chi connectivity index (χ0v) is 24.7. The Morgan fingerprint density at radius 1 is 1.12 bits per heavy atom. The van der Waals surface area contributed by atoms with E-state index in [1.165, 1.54) is 0 Å². The maximum Gasteiger partial charge on any atom is 0.331 e. The van der Waals surface area contributed by atoms with Crippen molar-refractivity contribution in [2.24, 2.45) is 0 Å². The number of ether oxygens (including phenoxy) is 4. The van der Waals surface area contributed by atoms with E-state index in [4.69, 9.17) is 18.9 Å². The number of methoxy groups -OCH3 is 2. The molecule has 0 saturated carbocycles. The van der Waals surface area contributed by atoms with Gasteiger partial charge in [-0.3, -0.25) is 9.58 Å². The van der Waals surface area contributed by atoms with Gasteiger partial charge in [0.15, 0.2) is 0 Å². The Bertz CT molecular complexity index is 1380. The Labute approximate surface area is 242 Å². The van der Waals surface area contributed by atoms with Gasteiger partial charge in [-0.2, -0.15) is 5.10 Å². The molecule has 4 rings (SSSR count). The largest absolute Gasteiger partial charge is 0.497 e. The molecule has 3 aromatic rings. The van der Waals surface area contributed by atoms with E-state index in [0.717, 1.165) is 60.5 Å². The first-order valence-electron chi connectivity index (χ1n) is 14.3. The second-order valence-corrected chi connectivity index (χ2v) is 9.99. The Hall–Kier alpha value is -3.98. The molecule has 1 N–H and O–H groups in total. The molecule has 220 valence electrons. The van der Waals surface area contributed by atoms with Crippen LogP contribution in [-0.2, 0) is 24.2 Å². The summed E-state index contributed by atoms with van der Waals surface area (Å²) in [5.74, 6) is 1.76. The molecule has 0 aliphatic carbocycles. The average Bonchev–Trinajstić information content (AvgIpc) is 3.61. The molecule has 1 aromatic heterocycles. The van der Waals surface area contributed by atoms with Gasteiger partial charge in [0.25, 0.3) is 0 Å². The van der Waals surface area contributed by atoms with Crippen molar-refractivity contribution in [3.63, 3.8) is 0 Å². The Balaban J connectivity index is 1.79. The number of hydrogen-bond acceptors (Lipinski definition) is 7. The Morgan fingerprint density at radius 3 is 2.61 bits per heavy atom. The summed E-state index contributed by atoms with van der Waals surface area (Å²) in [6, 6.07) is 9.55. The van der Waals surface area contributed by atoms with E-state index in [1.54, 1.807) is 26.5 Å². The van der Waals surface area contributed by atoms with E-state index >= 15 is 0 Å². The fourth-order valence-electron chi connectivity index (χ4n) is 4.94. The van der Waals surface area contributed by atoms with Crippen molar-refractivity contribution in [2.75, 3.05) is 40.6 Å². The van der Waals surface area contributed by atoms with Gasteiger partial charge in [-0.05, 0) is 49.9 Å². The molecule has 1 aliphatic rings. The molecule has 41 heavy (non-hydrogen) atoms. The molecule has 2 aromatic carbocycles. The minimum absolute atomic E-state index is 0.169. The fraction of sp³-hybridized carbons (Fsp3) is 0.438. The SMILES string of the molecule is CCCCn1ncc(/C=C(\Cc2cc3c(cc2OC)CCO3)C(=O)O)c1-c1ccc(OC)cc1OCN(CC)CC. The number of carbonyl (C=O) groups is 1. The second-order valence-electron chi connectivity index (χ2n) is 9.99. The van der Waals surface area contributed by atoms with Gasteiger partial charge in [-0.1, -0.05) is 27.2 Å². The van der Waals surface area contributed by atoms with E-state index in [0.29, 0.717) is 42.7 Å². The molecule has 0 radical (unpaired) electrons. The summed E-state index contributed by atoms with van der Waals surface area (Å²) in [6.07, 6.45) is 6.35. The van der Waals surface area contributed by atoms with Gasteiger partial charge in [-0.25, -0.2) is 4.79 Å². The molecule has 0 spiro atoms. The smallest absolute Gasteiger partial charge is 0.331 e. The van der Waals surface area contributed by atoms with E-state index in [1.807, 2.05) is 35.0 Å². The van der Waals surface area contributed by atoms with E-state index in [-0.39, 0.29) is 12.0 Å². The van der Waals surface area contributed by atoms with Crippen LogP contribution in [0.1, 0.15) is 50.3 Å². The predicted molar refractivity (Wildman–Crippen MR) is 159 cm³/mol. The molecule has 0 bridgehead atoms. The number of fused-ring (bicyclic) bond motifs is 1. The minimum atomic E-state index is -1.01. The summed E-state index contributed by atoms with van der Waals surface area (Å²) in [5, 5.41) is 14.9. The summed E-state index contributed by atoms with van der Waals surface area (Å²) in [7, 11) is 3.23. The Morgan fingerprint density at radius 2 is 1.93 bits per heavy atom. The first-order valence-corrected chi connectivity index (χ1v) is 14.3. The molecule has 0 amide bonds. The molecule has 1 aliphatic heterocycles. The average molecular weight is 564 g/mol. The zero-order valence-electron chi connectivity index (χ0n) is 24.7. The lowest BCUT2D eigenvalue weighted by Gasteiger charge is -2.21. The van der Waals surface area contributed by atoms with Gasteiger partial charge in [0.05, 0.1) is 32.7 Å². The van der Waals surface area contributed by atoms with Gasteiger partial charge in [-0.15, -0.1) is 0 Å². The molecule has 0 unspecified atom stereocenters. The highest BCUT2D eigenvalue weighted by atomic mass is 16.5. The molecule has 9 nitrogen and oxygen atoms in total. The molecule has 0 atom stereocenters. The lowest BCUT2D eigenvalue weighted by atomic mass is 9.98. The third-order valence-electron chi connectivity index (χ3n) is 7.41. The third-order valence-corrected chi connectivity index (χ3v) is 7.41. The number of hydrogen-bond donors (Lipinski definition) is 1. The highest BCUT2D eigenvalue weighted by Gasteiger charge is 2.22. The number of aromatic nitrogens is 2. The summed E-state index contributed by atoms with van der Waals surface area (Å²) in [6.45, 7) is 9.77. The van der Waals surface area contributed by atoms with Crippen molar-refractivity contribution < 1.29 is 28.8 Å². The number of carboxylic acids is 1. The first kappa shape index (κ1) is 30.0. The third kappa shape index (κ3) is 7.03. The number of aliphatic carboxylic acids is 1. The Kier molecular flexibility index (Phi) is 10.3. The van der Waals surface area contributed by atoms with Gasteiger partial charge in [0.2, 0.25) is 0 Å². The van der Waals surface area contributed by atoms with Crippen LogP contribution in [0.5, 0.6) is 23.0 Å². The standard InChI is InChI=1S/C32H41N3O6/c1-6-9-13-35-31(27-11-10-26(38-4)19-30(27)41-21-34(7-2)8-3)25(20-33-35)16-24(32(36)37)15-23-18-29-22(12-14-40-29)17-28(23)39-5/h10-11,16-20H,6-9,12-15,21H2,1-5H3,(H,36,37)/b24-16+. The lowest BCUT2D eigenvalue weighted by Crippen LogP contribution is -2.27. The van der Waals surface area contributed by atoms with Crippen LogP contribution in [0, 0.1) is 0 Å². The highest BCUT2D eigenvalue weighted by Crippen LogP contribution is 2.38. The second kappa shape index (κ2) is 14.1. The molecular weight excluding hydrogens is 522 g/mol. The van der Waals surface area contributed by atoms with Gasteiger partial charge in [0.1, 0.15) is 29.7 Å². The summed E-state index contributed by atoms with van der Waals surface area (Å²) < 4.78 is 25.1. The number of unbranched alkanes of at least 4 members (excludes halogenated alkanes) is 1. The number of aryl methyl sites for hydroxylation is 1. The normalized spacial score (nSPS) is 12.8. The molecule has 0 fully saturated rings. The van der Waals surface area contributed by atoms with Crippen LogP contribution >= 0.6 is 0 Å². The maximum absolute atomic E-state index is 12.5. The molecular formula is C32H41N3O6. The molecule has 2 heterocycles. The number of carboxylic acid groups (broad SMARTS) is 1. The van der Waals surface area contributed by atoms with Crippen LogP contribution in [0.3, 0.4) is 0 Å². The van der Waals surface area contributed by atoms with Crippen LogP contribution in [-0.4, -0.2) is 66.4 Å². The molecule has 0 saturated heterocycles. The van der Waals surface area contributed by atoms with Crippen LogP contribution in [0.2, 0.25) is 0 Å². The molecule has 9 heteroatoms. The summed E-state index contributed by atoms with van der Waals surface area (Å²) >= 11 is 0. The number of rotatable bonds is 15. The van der Waals surface area contributed by atoms with Gasteiger partial charge in [0, 0.05) is 53.3 Å². The minimum Gasteiger partial charge on any atom is -0.497 e. The summed E-state index contributed by atoms with van der Waals surface area (Å²) in [5.41, 5.74) is 4.38. The van der Waals surface area contributed by atoms with Crippen LogP contribution in [0.15, 0.2) is 42.1 Å². The lowest BCUT2D eigenvalue weighted by molar-refractivity contribution is -0.132. The zero-order chi connectivity index (χ0) is 29.4. The van der Waals surface area contributed by atoms with Crippen LogP contribution in [0.4, 0.5) is 0 Å². The number of nitrogens with zero attached hydrogens (tertiary/aromatic N) is 3. The maximum atomic E-state index is 12.5. The monoisotopic (exact) mass is 563 g/mol. The van der Waals surface area contributed by atoms with Crippen molar-refractivity contribution in [1.82, 2.24) is 14.7 Å². The van der Waals surface area contributed by atoms with E-state index in [2.05, 4.69) is 30.8 Å². The van der Waals surface area contributed by atoms with E-state index < -0.39 is 5.97 Å². The first-order chi connectivity index (χ1) is 19.9. The van der Waals surface area contributed by atoms with Crippen molar-refractivity contribution >= 4 is 12.0 Å². The van der Waals surface area contributed by atoms with Crippen molar-refractivity contribution in [3.05, 3.63) is 58.8 Å². The predicted octanol–water partition coefficient (Wildman–Crippen LogP) is 5.69. The summed E-state index contributed by atoms with van der Waals surface area (Å²) in [4.78, 5) is 14.7. The van der Waals surface area contributed by atoms with E-state index in [9.17, 15) is 9.90 Å². The highest BCUT2D eigenvalue weighted by molar-refractivity contribution is 5.94. The number of benzene rings is 2.